The van der Waals surface area contributed by atoms with Gasteiger partial charge in [0, 0.05) is 39.1 Å². The van der Waals surface area contributed by atoms with Gasteiger partial charge in [0.25, 0.3) is 0 Å². The van der Waals surface area contributed by atoms with Gasteiger partial charge in [0.2, 0.25) is 0 Å². The van der Waals surface area contributed by atoms with E-state index in [4.69, 9.17) is 25.8 Å². The Labute approximate surface area is 368 Å². The first-order chi connectivity index (χ1) is 28.4. The first-order valence-electron chi connectivity index (χ1n) is 22.7. The average Bonchev–Trinajstić information content (AvgIpc) is 3.44. The van der Waals surface area contributed by atoms with Gasteiger partial charge in [0.05, 0.1) is 12.2 Å². The Bertz CT molecular complexity index is 2660. The molecule has 332 valence electrons. The van der Waals surface area contributed by atoms with Crippen molar-refractivity contribution in [1.82, 2.24) is 0 Å². The van der Waals surface area contributed by atoms with E-state index in [0.29, 0.717) is 6.42 Å². The molecular formula is C53H74O6P2. The quantitative estimate of drug-likeness (QED) is 0.109. The first kappa shape index (κ1) is 47.1. The van der Waals surface area contributed by atoms with Gasteiger partial charge in [-0.25, -0.2) is 0 Å². The van der Waals surface area contributed by atoms with Crippen molar-refractivity contribution in [3.63, 3.8) is 0 Å². The average molecular weight is 869 g/mol. The van der Waals surface area contributed by atoms with Crippen molar-refractivity contribution in [2.75, 3.05) is 0 Å². The summed E-state index contributed by atoms with van der Waals surface area (Å²) in [4.78, 5) is 0. The molecule has 4 aromatic carbocycles. The van der Waals surface area contributed by atoms with Crippen LogP contribution in [0, 0.1) is 27.7 Å². The maximum atomic E-state index is 7.09. The Hall–Kier alpha value is -3.40. The lowest BCUT2D eigenvalue weighted by Gasteiger charge is -2.29. The number of aryl methyl sites for hydroxylation is 4. The largest absolute Gasteiger partial charge is 0.399 e. The van der Waals surface area contributed by atoms with Gasteiger partial charge >= 0.3 is 16.5 Å². The summed E-state index contributed by atoms with van der Waals surface area (Å²) in [5.74, 6) is 0. The Morgan fingerprint density at radius 3 is 1.25 bits per heavy atom. The van der Waals surface area contributed by atoms with Crippen LogP contribution in [0.25, 0.3) is 43.9 Å². The van der Waals surface area contributed by atoms with E-state index in [1.54, 1.807) is 0 Å². The molecule has 8 heteroatoms. The number of benzene rings is 4. The van der Waals surface area contributed by atoms with E-state index >= 15 is 0 Å². The molecule has 4 atom stereocenters. The lowest BCUT2D eigenvalue weighted by atomic mass is 9.75. The molecule has 2 heterocycles. The fourth-order valence-corrected chi connectivity index (χ4v) is 10.7. The van der Waals surface area contributed by atoms with E-state index in [2.05, 4.69) is 173 Å². The lowest BCUT2D eigenvalue weighted by Crippen LogP contribution is -2.21. The van der Waals surface area contributed by atoms with E-state index in [1.807, 2.05) is 0 Å². The highest BCUT2D eigenvalue weighted by molar-refractivity contribution is 7.32. The standard InChI is InChI=1S/C53H74O6P2/c1-19-50(11,12)38-27-35(8)47-42(29-38)43-30-39(51(13,14)20-2)31-45(53(17,18)22-4)49(43)59-61(57-47)55-37(10)28-36(9)54-60-56-46-34(7)23-32(5)24-40(46)41-25-33(6)26-44(48(41)58-60)52(15,16)21-3/h23-27,29-31,36-37H,19-22,28H2,1-18H3/t36-,37-,60?,61?/m1/s1. The van der Waals surface area contributed by atoms with E-state index in [1.165, 1.54) is 33.4 Å². The summed E-state index contributed by atoms with van der Waals surface area (Å²) in [6.45, 7) is 40.3. The molecule has 0 aliphatic rings. The summed E-state index contributed by atoms with van der Waals surface area (Å²) in [7, 11) is -3.65. The summed E-state index contributed by atoms with van der Waals surface area (Å²) in [5.41, 5.74) is 12.5. The highest BCUT2D eigenvalue weighted by Crippen LogP contribution is 2.46. The third-order valence-corrected chi connectivity index (χ3v) is 16.4. The Morgan fingerprint density at radius 1 is 0.443 bits per heavy atom. The second-order valence-electron chi connectivity index (χ2n) is 20.5. The summed E-state index contributed by atoms with van der Waals surface area (Å²) in [6.07, 6.45) is 4.00. The van der Waals surface area contributed by atoms with Crippen molar-refractivity contribution < 1.29 is 25.8 Å². The smallest absolute Gasteiger partial charge is 0.387 e. The molecule has 0 spiro atoms. The number of rotatable bonds is 14. The van der Waals surface area contributed by atoms with Gasteiger partial charge in [0.1, 0.15) is 22.3 Å². The fourth-order valence-electron chi connectivity index (χ4n) is 8.21. The molecule has 0 aliphatic heterocycles. The van der Waals surface area contributed by atoms with Crippen molar-refractivity contribution in [3.8, 4) is 0 Å². The van der Waals surface area contributed by atoms with E-state index in [9.17, 15) is 0 Å². The third kappa shape index (κ3) is 9.60. The van der Waals surface area contributed by atoms with Gasteiger partial charge in [-0.2, -0.15) is 0 Å². The van der Waals surface area contributed by atoms with E-state index in [0.717, 1.165) is 80.7 Å². The maximum Gasteiger partial charge on any atom is 0.387 e. The molecule has 0 bridgehead atoms. The summed E-state index contributed by atoms with van der Waals surface area (Å²) < 4.78 is 41.3. The topological polar surface area (TPSA) is 71.0 Å². The minimum Gasteiger partial charge on any atom is -0.399 e. The molecule has 6 aromatic rings. The van der Waals surface area contributed by atoms with Crippen molar-refractivity contribution in [2.24, 2.45) is 0 Å². The van der Waals surface area contributed by atoms with E-state index in [-0.39, 0.29) is 33.9 Å². The second-order valence-corrected chi connectivity index (χ2v) is 22.6. The normalized spacial score (nSPS) is 14.7. The van der Waals surface area contributed by atoms with Crippen LogP contribution in [0.2, 0.25) is 0 Å². The first-order valence-corrected chi connectivity index (χ1v) is 24.9. The van der Waals surface area contributed by atoms with Crippen molar-refractivity contribution in [3.05, 3.63) is 93.0 Å². The monoisotopic (exact) mass is 868 g/mol. The van der Waals surface area contributed by atoms with Gasteiger partial charge in [0.15, 0.2) is 0 Å². The second kappa shape index (κ2) is 17.6. The van der Waals surface area contributed by atoms with Crippen molar-refractivity contribution in [2.45, 2.75) is 191 Å². The van der Waals surface area contributed by atoms with Crippen LogP contribution in [-0.4, -0.2) is 12.2 Å². The molecule has 6 nitrogen and oxygen atoms in total. The van der Waals surface area contributed by atoms with E-state index < -0.39 is 16.5 Å². The molecule has 0 saturated heterocycles. The van der Waals surface area contributed by atoms with Crippen LogP contribution in [0.3, 0.4) is 0 Å². The van der Waals surface area contributed by atoms with Gasteiger partial charge in [-0.05, 0) is 147 Å². The molecule has 0 aliphatic carbocycles. The fraction of sp³-hybridized carbons (Fsp3) is 0.547. The van der Waals surface area contributed by atoms with Crippen LogP contribution >= 0.6 is 16.5 Å². The van der Waals surface area contributed by atoms with Crippen LogP contribution in [0.1, 0.15) is 174 Å². The highest BCUT2D eigenvalue weighted by Gasteiger charge is 2.30. The molecule has 0 fully saturated rings. The van der Waals surface area contributed by atoms with Crippen molar-refractivity contribution in [1.29, 1.82) is 0 Å². The summed E-state index contributed by atoms with van der Waals surface area (Å²) >= 11 is 0. The maximum absolute atomic E-state index is 7.09. The predicted molar refractivity (Wildman–Crippen MR) is 262 cm³/mol. The van der Waals surface area contributed by atoms with Crippen molar-refractivity contribution >= 4 is 60.4 Å². The van der Waals surface area contributed by atoms with Crippen LogP contribution in [0.4, 0.5) is 0 Å². The molecule has 0 N–H and O–H groups in total. The SMILES string of the molecule is CCC(C)(C)c1cc(C)c2op(O[C@H](C)C[C@@H](C)Op3oc4c(C)cc(C)cc4c4cc(C)cc(C(C)(C)CC)c4o3)oc3c(C(C)(C)CC)cc(C(C)(C)CC)cc3c2c1. The molecule has 0 amide bonds. The minimum absolute atomic E-state index is 0.00828. The van der Waals surface area contributed by atoms with Crippen LogP contribution in [0.5, 0.6) is 0 Å². The molecule has 0 radical (unpaired) electrons. The highest BCUT2D eigenvalue weighted by atomic mass is 31.1. The zero-order valence-corrected chi connectivity index (χ0v) is 42.4. The minimum atomic E-state index is -1.84. The zero-order valence-electron chi connectivity index (χ0n) is 40.7. The summed E-state index contributed by atoms with van der Waals surface area (Å²) in [6, 6.07) is 18.3. The van der Waals surface area contributed by atoms with Crippen LogP contribution in [-0.2, 0) is 21.7 Å². The third-order valence-electron chi connectivity index (χ3n) is 14.0. The molecule has 0 saturated carbocycles. The Kier molecular flexibility index (Phi) is 13.6. The Morgan fingerprint density at radius 2 is 0.787 bits per heavy atom. The summed E-state index contributed by atoms with van der Waals surface area (Å²) in [5, 5.41) is 4.25. The van der Waals surface area contributed by atoms with Crippen LogP contribution in [0.15, 0.2) is 65.3 Å². The number of hydrogen-bond acceptors (Lipinski definition) is 6. The number of hydrogen-bond donors (Lipinski definition) is 0. The molecular weight excluding hydrogens is 795 g/mol. The predicted octanol–water partition coefficient (Wildman–Crippen LogP) is 17.6. The number of fused-ring (bicyclic) bond motifs is 6. The van der Waals surface area contributed by atoms with Gasteiger partial charge in [-0.3, -0.25) is 9.05 Å². The molecule has 61 heavy (non-hydrogen) atoms. The molecule has 2 unspecified atom stereocenters. The van der Waals surface area contributed by atoms with Gasteiger partial charge in [-0.15, -0.1) is 0 Å². The van der Waals surface area contributed by atoms with Gasteiger partial charge in [-0.1, -0.05) is 107 Å². The molecule has 2 aromatic heterocycles. The lowest BCUT2D eigenvalue weighted by molar-refractivity contribution is 0.184. The Balaban J connectivity index is 1.48. The molecule has 6 rings (SSSR count). The zero-order chi connectivity index (χ0) is 45.0. The van der Waals surface area contributed by atoms with Gasteiger partial charge < -0.3 is 16.8 Å². The van der Waals surface area contributed by atoms with Crippen LogP contribution < -0.4 is 9.05 Å².